The van der Waals surface area contributed by atoms with Gasteiger partial charge in [0.1, 0.15) is 23.3 Å². The molecule has 0 spiro atoms. The maximum atomic E-state index is 13.9. The summed E-state index contributed by atoms with van der Waals surface area (Å²) in [4.78, 5) is 8.83. The van der Waals surface area contributed by atoms with Crippen molar-refractivity contribution in [3.63, 3.8) is 0 Å². The summed E-state index contributed by atoms with van der Waals surface area (Å²) in [5.74, 6) is 1.94. The van der Waals surface area contributed by atoms with Crippen molar-refractivity contribution < 1.29 is 4.39 Å². The molecule has 0 saturated heterocycles. The number of benzene rings is 1. The zero-order chi connectivity index (χ0) is 14.8. The summed E-state index contributed by atoms with van der Waals surface area (Å²) in [6.07, 6.45) is 2.19. The van der Waals surface area contributed by atoms with E-state index in [1.807, 2.05) is 6.07 Å². The Morgan fingerprint density at radius 3 is 2.62 bits per heavy atom. The number of aromatic nitrogens is 2. The molecule has 0 radical (unpaired) electrons. The molecule has 0 unspecified atom stereocenters. The quantitative estimate of drug-likeness (QED) is 0.901. The number of hydrogen-bond donors (Lipinski definition) is 2. The molecular formula is C15H14FN5. The first-order chi connectivity index (χ1) is 10.2. The molecular weight excluding hydrogens is 269 g/mol. The first kappa shape index (κ1) is 13.3. The van der Waals surface area contributed by atoms with Crippen LogP contribution >= 0.6 is 0 Å². The molecule has 1 aromatic carbocycles. The number of nitriles is 1. The van der Waals surface area contributed by atoms with E-state index in [0.717, 1.165) is 18.7 Å². The second-order valence-corrected chi connectivity index (χ2v) is 4.95. The SMILES string of the molecule is CNc1cc(Nc2ccc(C#N)cc2F)nc(C2CC2)n1. The molecule has 0 atom stereocenters. The van der Waals surface area contributed by atoms with Crippen LogP contribution in [0.1, 0.15) is 30.1 Å². The van der Waals surface area contributed by atoms with Gasteiger partial charge in [0.25, 0.3) is 0 Å². The van der Waals surface area contributed by atoms with Crippen molar-refractivity contribution in [2.45, 2.75) is 18.8 Å². The molecule has 0 bridgehead atoms. The Labute approximate surface area is 121 Å². The Hall–Kier alpha value is -2.68. The molecule has 1 aliphatic carbocycles. The van der Waals surface area contributed by atoms with Crippen LogP contribution in [0.25, 0.3) is 0 Å². The maximum absolute atomic E-state index is 13.9. The Balaban J connectivity index is 1.90. The van der Waals surface area contributed by atoms with E-state index in [-0.39, 0.29) is 11.3 Å². The number of rotatable bonds is 4. The van der Waals surface area contributed by atoms with E-state index in [1.165, 1.54) is 12.1 Å². The van der Waals surface area contributed by atoms with E-state index < -0.39 is 5.82 Å². The molecule has 5 nitrogen and oxygen atoms in total. The summed E-state index contributed by atoms with van der Waals surface area (Å²) in [7, 11) is 1.78. The van der Waals surface area contributed by atoms with Gasteiger partial charge in [-0.1, -0.05) is 0 Å². The third-order valence-electron chi connectivity index (χ3n) is 3.30. The Morgan fingerprint density at radius 2 is 2.00 bits per heavy atom. The van der Waals surface area contributed by atoms with E-state index in [9.17, 15) is 4.39 Å². The summed E-state index contributed by atoms with van der Waals surface area (Å²) in [5.41, 5.74) is 0.576. The lowest BCUT2D eigenvalue weighted by Crippen LogP contribution is -2.04. The largest absolute Gasteiger partial charge is 0.373 e. The number of anilines is 3. The predicted octanol–water partition coefficient (Wildman–Crippen LogP) is 3.15. The van der Waals surface area contributed by atoms with Crippen LogP contribution in [0.4, 0.5) is 21.7 Å². The summed E-state index contributed by atoms with van der Waals surface area (Å²) in [5, 5.41) is 14.7. The molecule has 1 aromatic heterocycles. The van der Waals surface area contributed by atoms with Gasteiger partial charge in [0, 0.05) is 19.0 Å². The highest BCUT2D eigenvalue weighted by Crippen LogP contribution is 2.39. The van der Waals surface area contributed by atoms with Gasteiger partial charge in [0.2, 0.25) is 0 Å². The van der Waals surface area contributed by atoms with Crippen LogP contribution in [0.5, 0.6) is 0 Å². The number of halogens is 1. The Kier molecular flexibility index (Phi) is 3.40. The van der Waals surface area contributed by atoms with Crippen LogP contribution < -0.4 is 10.6 Å². The normalized spacial score (nSPS) is 13.6. The van der Waals surface area contributed by atoms with Crippen LogP contribution in [0, 0.1) is 17.1 Å². The minimum atomic E-state index is -0.480. The summed E-state index contributed by atoms with van der Waals surface area (Å²) in [6.45, 7) is 0. The number of nitrogens with one attached hydrogen (secondary N) is 2. The summed E-state index contributed by atoms with van der Waals surface area (Å²) < 4.78 is 13.9. The van der Waals surface area contributed by atoms with E-state index >= 15 is 0 Å². The van der Waals surface area contributed by atoms with Gasteiger partial charge < -0.3 is 10.6 Å². The molecule has 0 amide bonds. The van der Waals surface area contributed by atoms with Gasteiger partial charge in [-0.2, -0.15) is 5.26 Å². The average Bonchev–Trinajstić information content (AvgIpc) is 3.33. The third kappa shape index (κ3) is 2.92. The van der Waals surface area contributed by atoms with E-state index in [1.54, 1.807) is 19.2 Å². The highest BCUT2D eigenvalue weighted by molar-refractivity contribution is 5.61. The zero-order valence-corrected chi connectivity index (χ0v) is 11.5. The lowest BCUT2D eigenvalue weighted by Gasteiger charge is -2.10. The molecule has 106 valence electrons. The maximum Gasteiger partial charge on any atom is 0.147 e. The van der Waals surface area contributed by atoms with Crippen molar-refractivity contribution in [3.8, 4) is 6.07 Å². The molecule has 2 N–H and O–H groups in total. The lowest BCUT2D eigenvalue weighted by molar-refractivity contribution is 0.631. The van der Waals surface area contributed by atoms with Crippen molar-refractivity contribution in [3.05, 3.63) is 41.5 Å². The third-order valence-corrected chi connectivity index (χ3v) is 3.30. The van der Waals surface area contributed by atoms with Crippen molar-refractivity contribution >= 4 is 17.3 Å². The lowest BCUT2D eigenvalue weighted by atomic mass is 10.2. The monoisotopic (exact) mass is 283 g/mol. The second kappa shape index (κ2) is 5.37. The minimum Gasteiger partial charge on any atom is -0.373 e. The Morgan fingerprint density at radius 1 is 1.24 bits per heavy atom. The zero-order valence-electron chi connectivity index (χ0n) is 11.5. The van der Waals surface area contributed by atoms with Gasteiger partial charge in [-0.05, 0) is 31.0 Å². The first-order valence-electron chi connectivity index (χ1n) is 6.73. The molecule has 2 aromatic rings. The van der Waals surface area contributed by atoms with Gasteiger partial charge in [-0.3, -0.25) is 0 Å². The molecule has 1 fully saturated rings. The Bertz CT molecular complexity index is 718. The van der Waals surface area contributed by atoms with Gasteiger partial charge >= 0.3 is 0 Å². The molecule has 3 rings (SSSR count). The van der Waals surface area contributed by atoms with Crippen LogP contribution in [-0.4, -0.2) is 17.0 Å². The fourth-order valence-electron chi connectivity index (χ4n) is 2.01. The highest BCUT2D eigenvalue weighted by atomic mass is 19.1. The topological polar surface area (TPSA) is 73.6 Å². The first-order valence-corrected chi connectivity index (χ1v) is 6.73. The molecule has 1 heterocycles. The summed E-state index contributed by atoms with van der Waals surface area (Å²) >= 11 is 0. The fourth-order valence-corrected chi connectivity index (χ4v) is 2.01. The number of nitrogens with zero attached hydrogens (tertiary/aromatic N) is 3. The second-order valence-electron chi connectivity index (χ2n) is 4.95. The number of hydrogen-bond acceptors (Lipinski definition) is 5. The van der Waals surface area contributed by atoms with Crippen LogP contribution in [-0.2, 0) is 0 Å². The minimum absolute atomic E-state index is 0.287. The molecule has 1 saturated carbocycles. The van der Waals surface area contributed by atoms with E-state index in [0.29, 0.717) is 17.6 Å². The van der Waals surface area contributed by atoms with Crippen LogP contribution in [0.2, 0.25) is 0 Å². The van der Waals surface area contributed by atoms with Crippen molar-refractivity contribution in [2.75, 3.05) is 17.7 Å². The van der Waals surface area contributed by atoms with E-state index in [2.05, 4.69) is 20.6 Å². The average molecular weight is 283 g/mol. The standard InChI is InChI=1S/C15H14FN5/c1-18-13-7-14(21-15(20-13)10-3-4-10)19-12-5-2-9(8-17)6-11(12)16/h2,5-7,10H,3-4H2,1H3,(H2,18,19,20,21). The van der Waals surface area contributed by atoms with Gasteiger partial charge in [-0.25, -0.2) is 14.4 Å². The van der Waals surface area contributed by atoms with Crippen molar-refractivity contribution in [2.24, 2.45) is 0 Å². The van der Waals surface area contributed by atoms with Crippen LogP contribution in [0.15, 0.2) is 24.3 Å². The summed E-state index contributed by atoms with van der Waals surface area (Å²) in [6, 6.07) is 7.93. The van der Waals surface area contributed by atoms with Crippen LogP contribution in [0.3, 0.4) is 0 Å². The van der Waals surface area contributed by atoms with E-state index in [4.69, 9.17) is 5.26 Å². The van der Waals surface area contributed by atoms with Crippen molar-refractivity contribution in [1.29, 1.82) is 5.26 Å². The van der Waals surface area contributed by atoms with Gasteiger partial charge in [-0.15, -0.1) is 0 Å². The molecule has 0 aliphatic heterocycles. The van der Waals surface area contributed by atoms with Gasteiger partial charge in [0.05, 0.1) is 17.3 Å². The fraction of sp³-hybridized carbons (Fsp3) is 0.267. The van der Waals surface area contributed by atoms with Gasteiger partial charge in [0.15, 0.2) is 0 Å². The highest BCUT2D eigenvalue weighted by Gasteiger charge is 2.27. The molecule has 1 aliphatic rings. The molecule has 21 heavy (non-hydrogen) atoms. The molecule has 6 heteroatoms. The predicted molar refractivity (Wildman–Crippen MR) is 78.0 cm³/mol. The van der Waals surface area contributed by atoms with Crippen molar-refractivity contribution in [1.82, 2.24) is 9.97 Å². The smallest absolute Gasteiger partial charge is 0.147 e.